The Kier molecular flexibility index (Phi) is 7.42. The van der Waals surface area contributed by atoms with Gasteiger partial charge in [-0.2, -0.15) is 17.0 Å². The third-order valence-electron chi connectivity index (χ3n) is 2.49. The number of hydrogen-bond acceptors (Lipinski definition) is 4. The summed E-state index contributed by atoms with van der Waals surface area (Å²) in [5.41, 5.74) is 0. The monoisotopic (exact) mass is 280 g/mol. The molecule has 0 saturated heterocycles. The zero-order valence-electron chi connectivity index (χ0n) is 11.8. The van der Waals surface area contributed by atoms with Crippen molar-refractivity contribution in [3.63, 3.8) is 0 Å². The van der Waals surface area contributed by atoms with Crippen LogP contribution in [-0.4, -0.2) is 55.3 Å². The van der Waals surface area contributed by atoms with E-state index in [4.69, 9.17) is 4.74 Å². The van der Waals surface area contributed by atoms with E-state index in [1.807, 2.05) is 0 Å². The van der Waals surface area contributed by atoms with Gasteiger partial charge in [-0.3, -0.25) is 4.79 Å². The van der Waals surface area contributed by atoms with Gasteiger partial charge in [-0.05, 0) is 20.8 Å². The fourth-order valence-corrected chi connectivity index (χ4v) is 3.31. The molecule has 0 bridgehead atoms. The fraction of sp³-hybridized carbons (Fsp3) is 0.909. The lowest BCUT2D eigenvalue weighted by atomic mass is 10.4. The number of rotatable bonds is 8. The molecule has 0 amide bonds. The Morgan fingerprint density at radius 2 is 1.67 bits per heavy atom. The summed E-state index contributed by atoms with van der Waals surface area (Å²) in [6.07, 6.45) is 0. The van der Waals surface area contributed by atoms with Gasteiger partial charge in [0.2, 0.25) is 0 Å². The highest BCUT2D eigenvalue weighted by molar-refractivity contribution is 7.86. The number of carbonyl (C=O) groups is 1. The molecule has 0 rings (SSSR count). The largest absolute Gasteiger partial charge is 0.465 e. The Morgan fingerprint density at radius 1 is 1.17 bits per heavy atom. The molecule has 0 spiro atoms. The molecule has 0 aromatic heterocycles. The molecule has 0 aromatic rings. The van der Waals surface area contributed by atoms with Crippen LogP contribution in [0.15, 0.2) is 0 Å². The van der Waals surface area contributed by atoms with Gasteiger partial charge in [0, 0.05) is 19.1 Å². The molecule has 0 aliphatic rings. The topological polar surface area (TPSA) is 66.9 Å². The fourth-order valence-electron chi connectivity index (χ4n) is 1.56. The highest BCUT2D eigenvalue weighted by atomic mass is 32.2. The second-order valence-electron chi connectivity index (χ2n) is 4.04. The molecule has 18 heavy (non-hydrogen) atoms. The summed E-state index contributed by atoms with van der Waals surface area (Å²) in [6, 6.07) is -0.292. The second-order valence-corrected chi connectivity index (χ2v) is 5.92. The van der Waals surface area contributed by atoms with Crippen LogP contribution in [0.1, 0.15) is 34.6 Å². The molecule has 0 heterocycles. The Bertz CT molecular complexity index is 350. The number of hydrogen-bond donors (Lipinski definition) is 0. The highest BCUT2D eigenvalue weighted by Crippen LogP contribution is 2.12. The maximum Gasteiger partial charge on any atom is 0.321 e. The van der Waals surface area contributed by atoms with E-state index in [0.717, 1.165) is 4.31 Å². The third-order valence-corrected chi connectivity index (χ3v) is 4.81. The van der Waals surface area contributed by atoms with Crippen LogP contribution in [0.5, 0.6) is 0 Å². The lowest BCUT2D eigenvalue weighted by Crippen LogP contribution is -2.49. The van der Waals surface area contributed by atoms with E-state index in [0.29, 0.717) is 13.1 Å². The first-order chi connectivity index (χ1) is 8.31. The van der Waals surface area contributed by atoms with Crippen molar-refractivity contribution in [3.8, 4) is 0 Å². The predicted molar refractivity (Wildman–Crippen MR) is 70.3 cm³/mol. The van der Waals surface area contributed by atoms with Crippen LogP contribution in [0.25, 0.3) is 0 Å². The van der Waals surface area contributed by atoms with Gasteiger partial charge in [-0.25, -0.2) is 0 Å². The van der Waals surface area contributed by atoms with Gasteiger partial charge in [0.15, 0.2) is 0 Å². The average Bonchev–Trinajstić information content (AvgIpc) is 2.27. The van der Waals surface area contributed by atoms with Crippen molar-refractivity contribution in [1.29, 1.82) is 0 Å². The van der Waals surface area contributed by atoms with Gasteiger partial charge in [-0.1, -0.05) is 13.8 Å². The average molecular weight is 280 g/mol. The summed E-state index contributed by atoms with van der Waals surface area (Å²) in [5, 5.41) is 0. The van der Waals surface area contributed by atoms with Gasteiger partial charge in [0.05, 0.1) is 6.61 Å². The number of carbonyl (C=O) groups excluding carboxylic acids is 1. The van der Waals surface area contributed by atoms with E-state index in [1.54, 1.807) is 34.6 Å². The van der Waals surface area contributed by atoms with Crippen LogP contribution in [-0.2, 0) is 19.7 Å². The zero-order valence-corrected chi connectivity index (χ0v) is 12.7. The Morgan fingerprint density at radius 3 is 2.00 bits per heavy atom. The van der Waals surface area contributed by atoms with Crippen molar-refractivity contribution in [2.75, 3.05) is 26.2 Å². The van der Waals surface area contributed by atoms with Crippen molar-refractivity contribution >= 4 is 16.2 Å². The minimum absolute atomic E-state index is 0.246. The molecule has 0 saturated carbocycles. The molecule has 0 radical (unpaired) electrons. The van der Waals surface area contributed by atoms with Crippen LogP contribution in [0.3, 0.4) is 0 Å². The second kappa shape index (κ2) is 7.70. The van der Waals surface area contributed by atoms with E-state index in [9.17, 15) is 13.2 Å². The summed E-state index contributed by atoms with van der Waals surface area (Å²) < 4.78 is 31.9. The summed E-state index contributed by atoms with van der Waals surface area (Å²) in [7, 11) is -3.61. The lowest BCUT2D eigenvalue weighted by molar-refractivity contribution is -0.143. The SMILES string of the molecule is CCOC(=O)CN(C(C)C)S(=O)(=O)N(CC)CC. The summed E-state index contributed by atoms with van der Waals surface area (Å²) >= 11 is 0. The van der Waals surface area contributed by atoms with Crippen molar-refractivity contribution in [3.05, 3.63) is 0 Å². The molecule has 0 atom stereocenters. The van der Waals surface area contributed by atoms with E-state index < -0.39 is 16.2 Å². The molecule has 6 nitrogen and oxygen atoms in total. The van der Waals surface area contributed by atoms with Crippen LogP contribution in [0, 0.1) is 0 Å². The van der Waals surface area contributed by atoms with E-state index in [-0.39, 0.29) is 19.2 Å². The summed E-state index contributed by atoms with van der Waals surface area (Å²) in [4.78, 5) is 11.5. The Labute approximate surface area is 110 Å². The molecular weight excluding hydrogens is 256 g/mol. The predicted octanol–water partition coefficient (Wildman–Crippen LogP) is 0.846. The quantitative estimate of drug-likeness (QED) is 0.618. The zero-order chi connectivity index (χ0) is 14.3. The lowest BCUT2D eigenvalue weighted by Gasteiger charge is -2.30. The van der Waals surface area contributed by atoms with Crippen molar-refractivity contribution in [2.45, 2.75) is 40.7 Å². The third kappa shape index (κ3) is 4.55. The Balaban J connectivity index is 5.05. The number of nitrogens with zero attached hydrogens (tertiary/aromatic N) is 2. The standard InChI is InChI=1S/C11H24N2O4S/c1-6-12(7-2)18(15,16)13(10(4)5)9-11(14)17-8-3/h10H,6-9H2,1-5H3. The van der Waals surface area contributed by atoms with Gasteiger partial charge < -0.3 is 4.74 Å². The van der Waals surface area contributed by atoms with E-state index in [2.05, 4.69) is 0 Å². The molecule has 108 valence electrons. The maximum atomic E-state index is 12.3. The van der Waals surface area contributed by atoms with Gasteiger partial charge in [0.1, 0.15) is 6.54 Å². The number of esters is 1. The van der Waals surface area contributed by atoms with Gasteiger partial charge >= 0.3 is 5.97 Å². The molecular formula is C11H24N2O4S. The maximum absolute atomic E-state index is 12.3. The first-order valence-electron chi connectivity index (χ1n) is 6.23. The summed E-state index contributed by atoms with van der Waals surface area (Å²) in [5.74, 6) is -0.526. The minimum atomic E-state index is -3.61. The Hall–Kier alpha value is -0.660. The number of ether oxygens (including phenoxy) is 1. The highest BCUT2D eigenvalue weighted by Gasteiger charge is 2.31. The first-order valence-corrected chi connectivity index (χ1v) is 7.63. The normalized spacial score (nSPS) is 12.4. The van der Waals surface area contributed by atoms with Crippen LogP contribution < -0.4 is 0 Å². The van der Waals surface area contributed by atoms with Crippen molar-refractivity contribution in [2.24, 2.45) is 0 Å². The van der Waals surface area contributed by atoms with Crippen molar-refractivity contribution in [1.82, 2.24) is 8.61 Å². The van der Waals surface area contributed by atoms with Crippen LogP contribution in [0.4, 0.5) is 0 Å². The van der Waals surface area contributed by atoms with E-state index >= 15 is 0 Å². The molecule has 0 aliphatic carbocycles. The van der Waals surface area contributed by atoms with Crippen LogP contribution in [0.2, 0.25) is 0 Å². The molecule has 0 aromatic carbocycles. The smallest absolute Gasteiger partial charge is 0.321 e. The first kappa shape index (κ1) is 17.3. The minimum Gasteiger partial charge on any atom is -0.465 e. The molecule has 0 unspecified atom stereocenters. The van der Waals surface area contributed by atoms with Crippen molar-refractivity contribution < 1.29 is 17.9 Å². The van der Waals surface area contributed by atoms with Crippen LogP contribution >= 0.6 is 0 Å². The summed E-state index contributed by atoms with van der Waals surface area (Å²) in [6.45, 7) is 9.46. The molecule has 0 N–H and O–H groups in total. The van der Waals surface area contributed by atoms with E-state index in [1.165, 1.54) is 4.31 Å². The molecule has 0 aliphatic heterocycles. The van der Waals surface area contributed by atoms with Gasteiger partial charge in [0.25, 0.3) is 10.2 Å². The molecule has 7 heteroatoms. The van der Waals surface area contributed by atoms with Gasteiger partial charge in [-0.15, -0.1) is 0 Å². The molecule has 0 fully saturated rings.